The van der Waals surface area contributed by atoms with Crippen molar-refractivity contribution >= 4 is 27.5 Å². The van der Waals surface area contributed by atoms with Crippen molar-refractivity contribution in [2.24, 2.45) is 0 Å². The maximum Gasteiger partial charge on any atom is 0.242 e. The van der Waals surface area contributed by atoms with Crippen LogP contribution in [0.5, 0.6) is 0 Å². The molecule has 0 aromatic heterocycles. The monoisotopic (exact) mass is 312 g/mol. The van der Waals surface area contributed by atoms with Crippen molar-refractivity contribution in [2.75, 3.05) is 18.1 Å². The van der Waals surface area contributed by atoms with Crippen molar-refractivity contribution in [1.29, 1.82) is 0 Å². The van der Waals surface area contributed by atoms with E-state index in [1.54, 1.807) is 0 Å². The van der Waals surface area contributed by atoms with E-state index in [-0.39, 0.29) is 24.6 Å². The Morgan fingerprint density at radius 2 is 2.22 bits per heavy atom. The van der Waals surface area contributed by atoms with Crippen molar-refractivity contribution in [2.45, 2.75) is 25.4 Å². The highest BCUT2D eigenvalue weighted by Crippen LogP contribution is 2.31. The molecule has 0 bridgehead atoms. The molecule has 18 heavy (non-hydrogen) atoms. The van der Waals surface area contributed by atoms with Gasteiger partial charge < -0.3 is 15.3 Å². The van der Waals surface area contributed by atoms with Gasteiger partial charge in [-0.1, -0.05) is 12.1 Å². The summed E-state index contributed by atoms with van der Waals surface area (Å²) in [5.74, 6) is -0.0158. The molecule has 1 fully saturated rings. The summed E-state index contributed by atoms with van der Waals surface area (Å²) >= 11 is 3.52. The van der Waals surface area contributed by atoms with Gasteiger partial charge in [-0.15, -0.1) is 0 Å². The molecule has 1 aliphatic heterocycles. The number of aliphatic hydroxyl groups excluding tert-OH is 1. The molecule has 1 amide bonds. The minimum absolute atomic E-state index is 0.00571. The van der Waals surface area contributed by atoms with Crippen LogP contribution in [0.1, 0.15) is 13.3 Å². The van der Waals surface area contributed by atoms with E-state index >= 15 is 0 Å². The summed E-state index contributed by atoms with van der Waals surface area (Å²) in [5, 5.41) is 12.0. The Hall–Kier alpha value is -1.07. The normalized spacial score (nSPS) is 23.9. The van der Waals surface area contributed by atoms with Gasteiger partial charge in [-0.05, 0) is 41.4 Å². The van der Waals surface area contributed by atoms with Crippen LogP contribution in [0.3, 0.4) is 0 Å². The van der Waals surface area contributed by atoms with E-state index in [9.17, 15) is 4.79 Å². The first-order valence-corrected chi connectivity index (χ1v) is 6.86. The lowest BCUT2D eigenvalue weighted by atomic mass is 10.0. The average molecular weight is 313 g/mol. The van der Waals surface area contributed by atoms with Gasteiger partial charge in [-0.25, -0.2) is 0 Å². The quantitative estimate of drug-likeness (QED) is 0.890. The zero-order chi connectivity index (χ0) is 13.1. The highest BCUT2D eigenvalue weighted by atomic mass is 79.9. The molecule has 2 unspecified atom stereocenters. The van der Waals surface area contributed by atoms with E-state index in [2.05, 4.69) is 33.1 Å². The van der Waals surface area contributed by atoms with E-state index in [0.29, 0.717) is 13.0 Å². The third-order valence-corrected chi connectivity index (χ3v) is 3.89. The minimum atomic E-state index is -0.308. The van der Waals surface area contributed by atoms with Crippen LogP contribution in [-0.2, 0) is 4.79 Å². The number of halogens is 1. The highest BCUT2D eigenvalue weighted by Gasteiger charge is 2.34. The lowest BCUT2D eigenvalue weighted by Gasteiger charge is -2.42. The molecule has 2 N–H and O–H groups in total. The number of aliphatic hydroxyl groups is 1. The topological polar surface area (TPSA) is 52.6 Å². The van der Waals surface area contributed by atoms with E-state index in [0.717, 1.165) is 10.2 Å². The number of rotatable bonds is 3. The fraction of sp³-hybridized carbons (Fsp3) is 0.462. The molecule has 1 heterocycles. The second-order valence-electron chi connectivity index (χ2n) is 4.48. The first-order valence-electron chi connectivity index (χ1n) is 6.06. The number of nitrogens with zero attached hydrogens (tertiary/aromatic N) is 1. The van der Waals surface area contributed by atoms with Gasteiger partial charge in [0.2, 0.25) is 5.91 Å². The second kappa shape index (κ2) is 5.71. The Kier molecular flexibility index (Phi) is 4.24. The van der Waals surface area contributed by atoms with Gasteiger partial charge in [0.15, 0.2) is 0 Å². The molecule has 0 saturated carbocycles. The van der Waals surface area contributed by atoms with Crippen LogP contribution in [0.25, 0.3) is 0 Å². The molecule has 1 aliphatic rings. The third-order valence-electron chi connectivity index (χ3n) is 3.22. The molecule has 1 aromatic rings. The number of carbonyl (C=O) groups is 1. The Bertz CT molecular complexity index is 439. The van der Waals surface area contributed by atoms with E-state index in [1.807, 2.05) is 24.3 Å². The molecule has 4 nitrogen and oxygen atoms in total. The second-order valence-corrected chi connectivity index (χ2v) is 5.34. The molecule has 1 aromatic carbocycles. The van der Waals surface area contributed by atoms with Gasteiger partial charge in [0.1, 0.15) is 6.04 Å². The maximum atomic E-state index is 11.9. The Labute approximate surface area is 115 Å². The molecule has 98 valence electrons. The SMILES string of the molecule is CC1CNC(=O)C(CCO)N1c1ccccc1Br. The summed E-state index contributed by atoms with van der Waals surface area (Å²) in [7, 11) is 0. The van der Waals surface area contributed by atoms with Crippen LogP contribution in [-0.4, -0.2) is 36.2 Å². The van der Waals surface area contributed by atoms with Gasteiger partial charge in [-0.3, -0.25) is 4.79 Å². The number of anilines is 1. The molecule has 0 aliphatic carbocycles. The van der Waals surface area contributed by atoms with Crippen LogP contribution < -0.4 is 10.2 Å². The van der Waals surface area contributed by atoms with E-state index in [1.165, 1.54) is 0 Å². The smallest absolute Gasteiger partial charge is 0.242 e. The highest BCUT2D eigenvalue weighted by molar-refractivity contribution is 9.10. The van der Waals surface area contributed by atoms with Gasteiger partial charge in [-0.2, -0.15) is 0 Å². The molecule has 0 radical (unpaired) electrons. The number of hydrogen-bond acceptors (Lipinski definition) is 3. The van der Waals surface area contributed by atoms with Crippen molar-refractivity contribution in [1.82, 2.24) is 5.32 Å². The van der Waals surface area contributed by atoms with E-state index < -0.39 is 0 Å². The van der Waals surface area contributed by atoms with Crippen LogP contribution in [0.4, 0.5) is 5.69 Å². The fourth-order valence-corrected chi connectivity index (χ4v) is 2.85. The fourth-order valence-electron chi connectivity index (χ4n) is 2.36. The van der Waals surface area contributed by atoms with Crippen LogP contribution in [0.15, 0.2) is 28.7 Å². The van der Waals surface area contributed by atoms with Gasteiger partial charge in [0.25, 0.3) is 0 Å². The summed E-state index contributed by atoms with van der Waals surface area (Å²) < 4.78 is 0.967. The summed E-state index contributed by atoms with van der Waals surface area (Å²) in [6.45, 7) is 2.71. The van der Waals surface area contributed by atoms with Crippen molar-refractivity contribution < 1.29 is 9.90 Å². The Morgan fingerprint density at radius 1 is 1.50 bits per heavy atom. The summed E-state index contributed by atoms with van der Waals surface area (Å²) in [6.07, 6.45) is 0.442. The van der Waals surface area contributed by atoms with Gasteiger partial charge in [0, 0.05) is 23.7 Å². The molecule has 2 atom stereocenters. The Balaban J connectivity index is 2.36. The molecule has 0 spiro atoms. The summed E-state index contributed by atoms with van der Waals surface area (Å²) in [5.41, 5.74) is 0.998. The first-order chi connectivity index (χ1) is 8.65. The Morgan fingerprint density at radius 3 is 2.89 bits per heavy atom. The third kappa shape index (κ3) is 2.52. The predicted octanol–water partition coefficient (Wildman–Crippen LogP) is 1.52. The molecule has 5 heteroatoms. The number of carbonyl (C=O) groups excluding carboxylic acids is 1. The predicted molar refractivity (Wildman–Crippen MR) is 74.6 cm³/mol. The van der Waals surface area contributed by atoms with Crippen LogP contribution >= 0.6 is 15.9 Å². The number of nitrogens with one attached hydrogen (secondary N) is 1. The lowest BCUT2D eigenvalue weighted by molar-refractivity contribution is -0.124. The lowest BCUT2D eigenvalue weighted by Crippen LogP contribution is -2.60. The van der Waals surface area contributed by atoms with Crippen molar-refractivity contribution in [3.63, 3.8) is 0 Å². The number of hydrogen-bond donors (Lipinski definition) is 2. The summed E-state index contributed by atoms with van der Waals surface area (Å²) in [4.78, 5) is 14.0. The first kappa shape index (κ1) is 13.4. The molecule has 2 rings (SSSR count). The standard InChI is InChI=1S/C13H17BrN2O2/c1-9-8-15-13(18)12(6-7-17)16(9)11-5-3-2-4-10(11)14/h2-5,9,12,17H,6-8H2,1H3,(H,15,18). The van der Waals surface area contributed by atoms with Crippen LogP contribution in [0.2, 0.25) is 0 Å². The number of benzene rings is 1. The number of piperazine rings is 1. The average Bonchev–Trinajstić information content (AvgIpc) is 2.36. The van der Waals surface area contributed by atoms with Crippen molar-refractivity contribution in [3.8, 4) is 0 Å². The minimum Gasteiger partial charge on any atom is -0.396 e. The van der Waals surface area contributed by atoms with Crippen molar-refractivity contribution in [3.05, 3.63) is 28.7 Å². The largest absolute Gasteiger partial charge is 0.396 e. The van der Waals surface area contributed by atoms with E-state index in [4.69, 9.17) is 5.11 Å². The molecular weight excluding hydrogens is 296 g/mol. The maximum absolute atomic E-state index is 11.9. The molecular formula is C13H17BrN2O2. The summed E-state index contributed by atoms with van der Waals surface area (Å²) in [6, 6.07) is 7.75. The zero-order valence-corrected chi connectivity index (χ0v) is 11.9. The number of amides is 1. The van der Waals surface area contributed by atoms with Gasteiger partial charge in [0.05, 0.1) is 5.69 Å². The molecule has 1 saturated heterocycles. The zero-order valence-electron chi connectivity index (χ0n) is 10.3. The number of para-hydroxylation sites is 1. The van der Waals surface area contributed by atoms with Crippen LogP contribution in [0, 0.1) is 0 Å². The van der Waals surface area contributed by atoms with Gasteiger partial charge >= 0.3 is 0 Å².